The number of fused-ring (bicyclic) bond motifs is 1. The number of hydrogen-bond acceptors (Lipinski definition) is 9. The van der Waals surface area contributed by atoms with Crippen LogP contribution in [-0.2, 0) is 6.18 Å². The van der Waals surface area contributed by atoms with Crippen molar-refractivity contribution in [2.24, 2.45) is 5.92 Å². The maximum atomic E-state index is 15.9. The summed E-state index contributed by atoms with van der Waals surface area (Å²) in [6.45, 7) is 13.6. The van der Waals surface area contributed by atoms with Gasteiger partial charge in [-0.05, 0) is 83.6 Å². The smallest absolute Gasteiger partial charge is 0.417 e. The van der Waals surface area contributed by atoms with Crippen molar-refractivity contribution in [3.63, 3.8) is 0 Å². The number of hydrogen-bond donors (Lipinski definition) is 3. The minimum atomic E-state index is -5.02. The van der Waals surface area contributed by atoms with Gasteiger partial charge in [0.2, 0.25) is 5.88 Å². The fourth-order valence-corrected chi connectivity index (χ4v) is 6.63. The van der Waals surface area contributed by atoms with E-state index in [9.17, 15) is 17.6 Å². The number of nitrogens with one attached hydrogen (secondary N) is 2. The molecule has 4 N–H and O–H groups in total. The van der Waals surface area contributed by atoms with Gasteiger partial charge in [0, 0.05) is 24.7 Å². The molecule has 0 radical (unpaired) electrons. The summed E-state index contributed by atoms with van der Waals surface area (Å²) in [4.78, 5) is 15.0. The minimum absolute atomic E-state index is 0.0427. The Kier molecular flexibility index (Phi) is 14.6. The van der Waals surface area contributed by atoms with Crippen molar-refractivity contribution < 1.29 is 31.4 Å². The Labute approximate surface area is 286 Å². The first-order valence-electron chi connectivity index (χ1n) is 17.3. The van der Waals surface area contributed by atoms with Crippen LogP contribution in [0.2, 0.25) is 0 Å². The van der Waals surface area contributed by atoms with E-state index in [-0.39, 0.29) is 28.6 Å². The fraction of sp³-hybridized carbons (Fsp3) is 0.629. The molecule has 1 saturated carbocycles. The number of rotatable bonds is 2. The summed E-state index contributed by atoms with van der Waals surface area (Å²) in [5, 5.41) is 6.28. The summed E-state index contributed by atoms with van der Waals surface area (Å²) in [6.07, 6.45) is 2.50. The van der Waals surface area contributed by atoms with Gasteiger partial charge in [-0.15, -0.1) is 0 Å². The number of methoxy groups -OCH3 is 1. The average Bonchev–Trinajstić information content (AvgIpc) is 3.57. The van der Waals surface area contributed by atoms with E-state index in [1.165, 1.54) is 45.8 Å². The summed E-state index contributed by atoms with van der Waals surface area (Å²) in [5.41, 5.74) is 1.04. The molecule has 2 fully saturated rings. The van der Waals surface area contributed by atoms with E-state index in [0.29, 0.717) is 32.1 Å². The second-order valence-corrected chi connectivity index (χ2v) is 12.0. The average molecular weight is 698 g/mol. The zero-order chi connectivity index (χ0) is 36.5. The van der Waals surface area contributed by atoms with Crippen molar-refractivity contribution in [3.05, 3.63) is 28.8 Å². The molecule has 0 amide bonds. The van der Waals surface area contributed by atoms with Gasteiger partial charge < -0.3 is 30.7 Å². The number of likely N-dealkylation sites (tertiary alicyclic amines) is 1. The van der Waals surface area contributed by atoms with Gasteiger partial charge in [-0.2, -0.15) is 23.1 Å². The molecule has 0 bridgehead atoms. The lowest BCUT2D eigenvalue weighted by Gasteiger charge is -2.34. The predicted octanol–water partition coefficient (Wildman–Crippen LogP) is 7.99. The summed E-state index contributed by atoms with van der Waals surface area (Å²) in [5.74, 6) is -1.40. The molecule has 2 aromatic heterocycles. The Hall–Kier alpha value is -3.52. The van der Waals surface area contributed by atoms with Gasteiger partial charge in [0.15, 0.2) is 5.82 Å². The lowest BCUT2D eigenvalue weighted by molar-refractivity contribution is -0.137. The molecule has 4 heterocycles. The Morgan fingerprint density at radius 1 is 0.959 bits per heavy atom. The molecule has 6 rings (SSSR count). The van der Waals surface area contributed by atoms with Crippen LogP contribution in [0.3, 0.4) is 0 Å². The highest BCUT2D eigenvalue weighted by Gasteiger charge is 2.39. The fourth-order valence-electron chi connectivity index (χ4n) is 6.63. The van der Waals surface area contributed by atoms with E-state index in [1.54, 1.807) is 6.92 Å². The molecular formula is C35H52F5N7O2. The summed E-state index contributed by atoms with van der Waals surface area (Å²) in [6, 6.07) is 1.46. The largest absolute Gasteiger partial charge is 0.474 e. The number of piperidine rings is 1. The van der Waals surface area contributed by atoms with Crippen LogP contribution in [0.5, 0.6) is 11.9 Å². The van der Waals surface area contributed by atoms with Crippen molar-refractivity contribution >= 4 is 22.4 Å². The Morgan fingerprint density at radius 2 is 1.65 bits per heavy atom. The minimum Gasteiger partial charge on any atom is -0.474 e. The maximum absolute atomic E-state index is 15.9. The van der Waals surface area contributed by atoms with Crippen LogP contribution in [0.4, 0.5) is 33.5 Å². The Bertz CT molecular complexity index is 1540. The number of benzene rings is 1. The second kappa shape index (κ2) is 17.9. The van der Waals surface area contributed by atoms with E-state index in [4.69, 9.17) is 15.2 Å². The number of aromatic nitrogens is 3. The third-order valence-electron chi connectivity index (χ3n) is 8.89. The molecule has 1 aliphatic carbocycles. The van der Waals surface area contributed by atoms with Crippen molar-refractivity contribution in [1.29, 1.82) is 0 Å². The van der Waals surface area contributed by atoms with Gasteiger partial charge in [0.25, 0.3) is 0 Å². The van der Waals surface area contributed by atoms with E-state index in [2.05, 4.69) is 37.5 Å². The number of nitrogen functional groups attached to an aromatic ring is 1. The zero-order valence-electron chi connectivity index (χ0n) is 30.0. The van der Waals surface area contributed by atoms with E-state index < -0.39 is 52.0 Å². The predicted molar refractivity (Wildman–Crippen MR) is 185 cm³/mol. The topological polar surface area (TPSA) is 110 Å². The lowest BCUT2D eigenvalue weighted by Crippen LogP contribution is -2.39. The monoisotopic (exact) mass is 697 g/mol. The molecule has 3 unspecified atom stereocenters. The van der Waals surface area contributed by atoms with Crippen LogP contribution in [-0.4, -0.2) is 72.3 Å². The number of nitrogens with two attached hydrogens (primary N) is 1. The van der Waals surface area contributed by atoms with Gasteiger partial charge in [-0.3, -0.25) is 0 Å². The lowest BCUT2D eigenvalue weighted by atomic mass is 9.93. The van der Waals surface area contributed by atoms with Gasteiger partial charge in [-0.25, -0.2) is 13.8 Å². The molecule has 0 spiro atoms. The number of ether oxygens (including phenoxy) is 2. The SMILES string of the molecule is CC.CC.CN1CCCC2CCCC21.COc1nc2c3c(nc(-c4cc(N)c(F)c(C)c4C(F)(F)F)c(F)c3n1)OC(C)CCNCCN2. The molecule has 14 heteroatoms. The van der Waals surface area contributed by atoms with Crippen LogP contribution < -0.4 is 25.8 Å². The molecular weight excluding hydrogens is 645 g/mol. The summed E-state index contributed by atoms with van der Waals surface area (Å²) in [7, 11) is 3.56. The molecule has 274 valence electrons. The Balaban J connectivity index is 0.000000387. The van der Waals surface area contributed by atoms with E-state index in [0.717, 1.165) is 18.9 Å². The third-order valence-corrected chi connectivity index (χ3v) is 8.89. The number of alkyl halides is 3. The van der Waals surface area contributed by atoms with Gasteiger partial charge in [0.1, 0.15) is 28.2 Å². The highest BCUT2D eigenvalue weighted by atomic mass is 19.4. The molecule has 49 heavy (non-hydrogen) atoms. The van der Waals surface area contributed by atoms with Crippen molar-refractivity contribution in [3.8, 4) is 23.1 Å². The molecule has 1 aromatic carbocycles. The standard InChI is InChI=1S/C22H23F5N6O2.C9H17N.2C2H6/c1-9-4-5-29-6-7-30-19-13-18(32-21(33-19)34-3)16(24)17(31-20(13)35-9)11-8-12(28)15(23)10(2)14(11)22(25,26)27;1-10-7-3-5-8-4-2-6-9(8)10;2*1-2/h8-9,29H,4-7,28H2,1-3H3,(H,30,32,33);8-9H,2-7H2,1H3;2*1-2H3. The van der Waals surface area contributed by atoms with Crippen LogP contribution in [0.15, 0.2) is 6.07 Å². The number of nitrogens with zero attached hydrogens (tertiary/aromatic N) is 4. The molecule has 3 aliphatic rings. The van der Waals surface area contributed by atoms with Crippen LogP contribution in [0.25, 0.3) is 22.2 Å². The first kappa shape index (κ1) is 39.9. The molecule has 1 saturated heterocycles. The van der Waals surface area contributed by atoms with Crippen LogP contribution >= 0.6 is 0 Å². The highest BCUT2D eigenvalue weighted by Crippen LogP contribution is 2.44. The quantitative estimate of drug-likeness (QED) is 0.181. The highest BCUT2D eigenvalue weighted by molar-refractivity contribution is 5.96. The number of anilines is 2. The van der Waals surface area contributed by atoms with Gasteiger partial charge in [0.05, 0.1) is 24.5 Å². The van der Waals surface area contributed by atoms with E-state index in [1.807, 2.05) is 27.7 Å². The van der Waals surface area contributed by atoms with E-state index >= 15 is 4.39 Å². The number of pyridine rings is 1. The molecule has 3 atom stereocenters. The second-order valence-electron chi connectivity index (χ2n) is 12.0. The Morgan fingerprint density at radius 3 is 2.31 bits per heavy atom. The van der Waals surface area contributed by atoms with Crippen LogP contribution in [0.1, 0.15) is 84.3 Å². The third kappa shape index (κ3) is 9.19. The van der Waals surface area contributed by atoms with Crippen molar-refractivity contribution in [1.82, 2.24) is 25.2 Å². The van der Waals surface area contributed by atoms with Crippen LogP contribution in [0, 0.1) is 24.5 Å². The summed E-state index contributed by atoms with van der Waals surface area (Å²) < 4.78 is 83.3. The van der Waals surface area contributed by atoms with Crippen molar-refractivity contribution in [2.75, 3.05) is 51.4 Å². The zero-order valence-corrected chi connectivity index (χ0v) is 30.0. The molecule has 2 aliphatic heterocycles. The first-order valence-corrected chi connectivity index (χ1v) is 17.3. The molecule has 3 aromatic rings. The first-order chi connectivity index (χ1) is 23.4. The normalized spacial score (nSPS) is 20.8. The summed E-state index contributed by atoms with van der Waals surface area (Å²) >= 11 is 0. The molecule has 9 nitrogen and oxygen atoms in total. The van der Waals surface area contributed by atoms with Crippen molar-refractivity contribution in [2.45, 2.75) is 98.4 Å². The van der Waals surface area contributed by atoms with Gasteiger partial charge in [-0.1, -0.05) is 34.1 Å². The number of halogens is 5. The van der Waals surface area contributed by atoms with Gasteiger partial charge >= 0.3 is 12.2 Å². The maximum Gasteiger partial charge on any atom is 0.417 e.